The first-order chi connectivity index (χ1) is 16.2. The summed E-state index contributed by atoms with van der Waals surface area (Å²) in [5, 5.41) is 12.4. The maximum absolute atomic E-state index is 12.2. The van der Waals surface area contributed by atoms with Crippen LogP contribution in [0.5, 0.6) is 0 Å². The molecule has 0 amide bonds. The maximum atomic E-state index is 12.2. The van der Waals surface area contributed by atoms with Gasteiger partial charge in [0.15, 0.2) is 17.2 Å². The van der Waals surface area contributed by atoms with Crippen molar-refractivity contribution in [3.05, 3.63) is 58.1 Å². The van der Waals surface area contributed by atoms with Gasteiger partial charge in [0.1, 0.15) is 0 Å². The normalized spacial score (nSPS) is 38.9. The van der Waals surface area contributed by atoms with Crippen molar-refractivity contribution < 1.29 is 14.7 Å². The van der Waals surface area contributed by atoms with Crippen molar-refractivity contribution in [3.8, 4) is 11.8 Å². The van der Waals surface area contributed by atoms with Crippen molar-refractivity contribution >= 4 is 23.2 Å². The molecular weight excluding hydrogens is 444 g/mol. The number of carbonyl (C=O) groups is 2. The quantitative estimate of drug-likeness (QED) is 0.407. The van der Waals surface area contributed by atoms with Crippen molar-refractivity contribution in [2.45, 2.75) is 70.8 Å². The van der Waals surface area contributed by atoms with E-state index in [1.54, 1.807) is 13.8 Å². The topological polar surface area (TPSA) is 54.4 Å². The molecule has 34 heavy (non-hydrogen) atoms. The molecule has 178 valence electrons. The van der Waals surface area contributed by atoms with E-state index in [0.29, 0.717) is 34.8 Å². The monoisotopic (exact) mass is 476 g/mol. The van der Waals surface area contributed by atoms with Crippen LogP contribution in [-0.2, 0) is 4.79 Å². The maximum Gasteiger partial charge on any atom is 0.166 e. The van der Waals surface area contributed by atoms with Gasteiger partial charge in [-0.1, -0.05) is 60.4 Å². The third-order valence-corrected chi connectivity index (χ3v) is 9.90. The summed E-state index contributed by atoms with van der Waals surface area (Å²) in [6.45, 7) is 5.53. The van der Waals surface area contributed by atoms with Gasteiger partial charge >= 0.3 is 0 Å². The number of rotatable bonds is 2. The molecule has 7 atom stereocenters. The van der Waals surface area contributed by atoms with Gasteiger partial charge in [-0.3, -0.25) is 9.59 Å². The second-order valence-corrected chi connectivity index (χ2v) is 11.4. The average Bonchev–Trinajstić information content (AvgIpc) is 2.81. The first kappa shape index (κ1) is 23.6. The molecule has 2 saturated carbocycles. The van der Waals surface area contributed by atoms with Crippen LogP contribution in [0.2, 0.25) is 0 Å². The van der Waals surface area contributed by atoms with E-state index in [0.717, 1.165) is 32.1 Å². The van der Waals surface area contributed by atoms with E-state index in [9.17, 15) is 14.7 Å². The molecule has 1 aromatic carbocycles. The van der Waals surface area contributed by atoms with E-state index >= 15 is 0 Å². The second kappa shape index (κ2) is 8.51. The number of halogens is 1. The van der Waals surface area contributed by atoms with Gasteiger partial charge < -0.3 is 5.11 Å². The Hall–Kier alpha value is -2.15. The number of ketones is 2. The number of Topliss-reactive ketones (excluding diaryl/α,β-unsaturated/α-hetero) is 1. The van der Waals surface area contributed by atoms with Crippen LogP contribution in [0.25, 0.3) is 0 Å². The molecule has 0 heterocycles. The van der Waals surface area contributed by atoms with E-state index in [1.807, 2.05) is 24.3 Å². The molecule has 0 aliphatic heterocycles. The zero-order valence-electron chi connectivity index (χ0n) is 20.2. The minimum absolute atomic E-state index is 0.0607. The molecule has 3 nitrogen and oxygen atoms in total. The van der Waals surface area contributed by atoms with Crippen LogP contribution in [0.15, 0.2) is 47.0 Å². The molecule has 0 radical (unpaired) electrons. The highest BCUT2D eigenvalue weighted by atomic mass is 35.5. The molecule has 2 fully saturated rings. The Morgan fingerprint density at radius 1 is 1.15 bits per heavy atom. The summed E-state index contributed by atoms with van der Waals surface area (Å²) in [5.74, 6) is 8.06. The molecule has 0 bridgehead atoms. The van der Waals surface area contributed by atoms with E-state index in [-0.39, 0.29) is 23.4 Å². The molecule has 4 aliphatic rings. The van der Waals surface area contributed by atoms with Gasteiger partial charge in [0, 0.05) is 17.4 Å². The highest BCUT2D eigenvalue weighted by molar-refractivity contribution is 6.31. The summed E-state index contributed by atoms with van der Waals surface area (Å²) in [5.41, 5.74) is 1.38. The number of carbonyl (C=O) groups excluding carboxylic acids is 2. The summed E-state index contributed by atoms with van der Waals surface area (Å²) in [7, 11) is 0. The van der Waals surface area contributed by atoms with Gasteiger partial charge in [0.2, 0.25) is 0 Å². The summed E-state index contributed by atoms with van der Waals surface area (Å²) in [4.78, 5) is 24.1. The van der Waals surface area contributed by atoms with Gasteiger partial charge in [0.05, 0.1) is 5.03 Å². The van der Waals surface area contributed by atoms with Crippen molar-refractivity contribution in [2.24, 2.45) is 29.1 Å². The lowest BCUT2D eigenvalue weighted by atomic mass is 9.43. The summed E-state index contributed by atoms with van der Waals surface area (Å²) >= 11 is 6.69. The fourth-order valence-electron chi connectivity index (χ4n) is 7.85. The van der Waals surface area contributed by atoms with Crippen LogP contribution >= 0.6 is 11.6 Å². The van der Waals surface area contributed by atoms with Crippen molar-refractivity contribution in [2.75, 3.05) is 0 Å². The minimum Gasteiger partial charge on any atom is -0.372 e. The molecule has 0 spiro atoms. The molecule has 5 rings (SSSR count). The predicted octanol–water partition coefficient (Wildman–Crippen LogP) is 6.21. The number of aliphatic hydroxyl groups is 1. The SMILES string of the molecule is CC#CC1(O)C(Cl)=CC[C@H]2[C@@H]3CCC4=CC(=O)CC[C@@H]4[C@H]3[C@@H](c3ccc(C(C)=O)cc3)C[C@@]21C. The van der Waals surface area contributed by atoms with E-state index in [2.05, 4.69) is 30.9 Å². The van der Waals surface area contributed by atoms with Crippen LogP contribution in [0.1, 0.15) is 81.1 Å². The standard InChI is InChI=1S/C30H33ClO3/c1-4-15-30(34)27(31)14-13-26-24-11-9-21-16-22(33)10-12-23(21)28(24)25(17-29(26,30)3)20-7-5-19(6-8-20)18(2)32/h5-8,14,16,23-26,28,34H,9-13,17H2,1-3H3/t23-,24-,25+,26-,28+,29-,30?/m0/s1. The van der Waals surface area contributed by atoms with Gasteiger partial charge in [-0.05, 0) is 87.2 Å². The molecule has 4 aliphatic carbocycles. The zero-order valence-corrected chi connectivity index (χ0v) is 21.0. The van der Waals surface area contributed by atoms with Gasteiger partial charge in [-0.15, -0.1) is 5.92 Å². The summed E-state index contributed by atoms with van der Waals surface area (Å²) in [6.07, 6.45) is 9.03. The van der Waals surface area contributed by atoms with Crippen LogP contribution in [-0.4, -0.2) is 22.3 Å². The summed E-state index contributed by atoms with van der Waals surface area (Å²) in [6, 6.07) is 8.05. The van der Waals surface area contributed by atoms with Gasteiger partial charge in [0.25, 0.3) is 0 Å². The largest absolute Gasteiger partial charge is 0.372 e. The third kappa shape index (κ3) is 3.45. The van der Waals surface area contributed by atoms with Crippen molar-refractivity contribution in [1.82, 2.24) is 0 Å². The number of hydrogen-bond acceptors (Lipinski definition) is 3. The fraction of sp³-hybridized carbons (Fsp3) is 0.533. The van der Waals surface area contributed by atoms with E-state index in [4.69, 9.17) is 11.6 Å². The Kier molecular flexibility index (Phi) is 5.90. The highest BCUT2D eigenvalue weighted by Gasteiger charge is 2.63. The van der Waals surface area contributed by atoms with Gasteiger partial charge in [-0.25, -0.2) is 0 Å². The lowest BCUT2D eigenvalue weighted by Crippen LogP contribution is -2.60. The number of benzene rings is 1. The summed E-state index contributed by atoms with van der Waals surface area (Å²) < 4.78 is 0. The Labute approximate surface area is 207 Å². The highest BCUT2D eigenvalue weighted by Crippen LogP contribution is 2.67. The minimum atomic E-state index is -1.37. The molecule has 0 saturated heterocycles. The van der Waals surface area contributed by atoms with Crippen molar-refractivity contribution in [1.29, 1.82) is 0 Å². The lowest BCUT2D eigenvalue weighted by Gasteiger charge is -2.62. The first-order valence-electron chi connectivity index (χ1n) is 12.6. The van der Waals surface area contributed by atoms with E-state index < -0.39 is 11.0 Å². The molecule has 4 heteroatoms. The Morgan fingerprint density at radius 3 is 2.56 bits per heavy atom. The molecule has 0 aromatic heterocycles. The molecule has 1 aromatic rings. The second-order valence-electron chi connectivity index (χ2n) is 11.0. The molecule has 1 unspecified atom stereocenters. The predicted molar refractivity (Wildman–Crippen MR) is 134 cm³/mol. The zero-order chi connectivity index (χ0) is 24.3. The van der Waals surface area contributed by atoms with Gasteiger partial charge in [-0.2, -0.15) is 0 Å². The van der Waals surface area contributed by atoms with Crippen LogP contribution in [0, 0.1) is 40.9 Å². The average molecular weight is 477 g/mol. The molecular formula is C30H33ClO3. The van der Waals surface area contributed by atoms with Crippen molar-refractivity contribution in [3.63, 3.8) is 0 Å². The van der Waals surface area contributed by atoms with E-state index in [1.165, 1.54) is 11.1 Å². The lowest BCUT2D eigenvalue weighted by molar-refractivity contribution is -0.125. The van der Waals surface area contributed by atoms with Crippen LogP contribution in [0.3, 0.4) is 0 Å². The third-order valence-electron chi connectivity index (χ3n) is 9.47. The Bertz CT molecular complexity index is 1150. The van der Waals surface area contributed by atoms with Crippen LogP contribution in [0.4, 0.5) is 0 Å². The van der Waals surface area contributed by atoms with Crippen LogP contribution < -0.4 is 0 Å². The number of fused-ring (bicyclic) bond motifs is 5. The Morgan fingerprint density at radius 2 is 1.88 bits per heavy atom. The molecule has 1 N–H and O–H groups in total. The number of hydrogen-bond donors (Lipinski definition) is 1. The number of allylic oxidation sites excluding steroid dienone is 3. The Balaban J connectivity index is 1.65. The fourth-order valence-corrected chi connectivity index (χ4v) is 8.20. The smallest absolute Gasteiger partial charge is 0.166 e. The first-order valence-corrected chi connectivity index (χ1v) is 12.9.